The molecule has 0 aliphatic rings. The lowest BCUT2D eigenvalue weighted by molar-refractivity contribution is -0.167. The Morgan fingerprint density at radius 1 is 0.323 bits per heavy atom. The van der Waals surface area contributed by atoms with Gasteiger partial charge in [0.25, 0.3) is 0 Å². The number of hydrogen-bond acceptors (Lipinski definition) is 6. The second-order valence-electron chi connectivity index (χ2n) is 19.2. The molecule has 380 valence electrons. The van der Waals surface area contributed by atoms with Crippen molar-refractivity contribution in [3.8, 4) is 0 Å². The molecule has 0 aliphatic heterocycles. The number of ether oxygens (including phenoxy) is 3. The van der Waals surface area contributed by atoms with E-state index in [4.69, 9.17) is 14.2 Å². The number of allylic oxidation sites excluding steroid dienone is 6. The Labute approximate surface area is 404 Å². The van der Waals surface area contributed by atoms with Gasteiger partial charge in [0.15, 0.2) is 6.10 Å². The largest absolute Gasteiger partial charge is 0.462 e. The zero-order valence-electron chi connectivity index (χ0n) is 43.5. The second kappa shape index (κ2) is 54.2. The molecule has 0 N–H and O–H groups in total. The van der Waals surface area contributed by atoms with E-state index >= 15 is 0 Å². The summed E-state index contributed by atoms with van der Waals surface area (Å²) in [6.07, 6.45) is 64.2. The molecule has 0 spiro atoms. The van der Waals surface area contributed by atoms with Gasteiger partial charge in [0.05, 0.1) is 0 Å². The summed E-state index contributed by atoms with van der Waals surface area (Å²) in [7, 11) is 0. The molecule has 0 aromatic rings. The van der Waals surface area contributed by atoms with Crippen LogP contribution < -0.4 is 0 Å². The fourth-order valence-electron chi connectivity index (χ4n) is 8.40. The number of rotatable bonds is 52. The maximum absolute atomic E-state index is 12.8. The van der Waals surface area contributed by atoms with Gasteiger partial charge in [0.1, 0.15) is 13.2 Å². The van der Waals surface area contributed by atoms with Crippen molar-refractivity contribution in [1.29, 1.82) is 0 Å². The van der Waals surface area contributed by atoms with Gasteiger partial charge in [-0.05, 0) is 51.4 Å². The van der Waals surface area contributed by atoms with Crippen LogP contribution in [0.3, 0.4) is 0 Å². The van der Waals surface area contributed by atoms with Crippen molar-refractivity contribution in [2.75, 3.05) is 13.2 Å². The molecule has 0 aromatic heterocycles. The summed E-state index contributed by atoms with van der Waals surface area (Å²) in [5, 5.41) is 0. The number of hydrogen-bond donors (Lipinski definition) is 0. The van der Waals surface area contributed by atoms with Crippen LogP contribution in [0, 0.1) is 0 Å². The van der Waals surface area contributed by atoms with Crippen molar-refractivity contribution in [1.82, 2.24) is 0 Å². The van der Waals surface area contributed by atoms with Crippen molar-refractivity contribution in [3.63, 3.8) is 0 Å². The van der Waals surface area contributed by atoms with Gasteiger partial charge in [-0.3, -0.25) is 14.4 Å². The van der Waals surface area contributed by atoms with Crippen molar-refractivity contribution in [2.45, 2.75) is 309 Å². The Morgan fingerprint density at radius 2 is 0.600 bits per heavy atom. The fraction of sp³-hybridized carbons (Fsp3) is 0.847. The first kappa shape index (κ1) is 62.6. The highest BCUT2D eigenvalue weighted by molar-refractivity contribution is 5.71. The molecule has 1 atom stereocenters. The topological polar surface area (TPSA) is 78.9 Å². The molecule has 0 fully saturated rings. The summed E-state index contributed by atoms with van der Waals surface area (Å²) in [6.45, 7) is 6.56. The maximum Gasteiger partial charge on any atom is 0.306 e. The van der Waals surface area contributed by atoms with Crippen molar-refractivity contribution in [2.24, 2.45) is 0 Å². The van der Waals surface area contributed by atoms with Crippen LogP contribution in [-0.2, 0) is 28.6 Å². The van der Waals surface area contributed by atoms with Crippen LogP contribution in [-0.4, -0.2) is 37.2 Å². The van der Waals surface area contributed by atoms with Crippen LogP contribution in [0.15, 0.2) is 36.5 Å². The Kier molecular flexibility index (Phi) is 52.3. The summed E-state index contributed by atoms with van der Waals surface area (Å²) in [4.78, 5) is 38.1. The van der Waals surface area contributed by atoms with E-state index in [9.17, 15) is 14.4 Å². The van der Waals surface area contributed by atoms with Crippen LogP contribution in [0.4, 0.5) is 0 Å². The molecular formula is C59H108O6. The van der Waals surface area contributed by atoms with E-state index in [2.05, 4.69) is 57.2 Å². The van der Waals surface area contributed by atoms with Gasteiger partial charge < -0.3 is 14.2 Å². The molecule has 0 saturated carbocycles. The Morgan fingerprint density at radius 3 is 0.938 bits per heavy atom. The summed E-state index contributed by atoms with van der Waals surface area (Å²) < 4.78 is 16.9. The summed E-state index contributed by atoms with van der Waals surface area (Å²) in [5.74, 6) is -0.873. The molecular weight excluding hydrogens is 805 g/mol. The third-order valence-electron chi connectivity index (χ3n) is 12.7. The minimum atomic E-state index is -0.776. The zero-order chi connectivity index (χ0) is 47.2. The van der Waals surface area contributed by atoms with Crippen LogP contribution in [0.1, 0.15) is 303 Å². The highest BCUT2D eigenvalue weighted by Gasteiger charge is 2.19. The average molecular weight is 914 g/mol. The smallest absolute Gasteiger partial charge is 0.306 e. The number of carbonyl (C=O) groups is 3. The van der Waals surface area contributed by atoms with E-state index < -0.39 is 6.10 Å². The Hall–Kier alpha value is -2.37. The van der Waals surface area contributed by atoms with Gasteiger partial charge in [0, 0.05) is 19.3 Å². The number of esters is 3. The minimum absolute atomic E-state index is 0.0745. The molecule has 0 saturated heterocycles. The van der Waals surface area contributed by atoms with Gasteiger partial charge in [-0.15, -0.1) is 0 Å². The predicted molar refractivity (Wildman–Crippen MR) is 279 cm³/mol. The van der Waals surface area contributed by atoms with Gasteiger partial charge >= 0.3 is 17.9 Å². The lowest BCUT2D eigenvalue weighted by atomic mass is 10.0. The van der Waals surface area contributed by atoms with E-state index in [0.29, 0.717) is 19.3 Å². The van der Waals surface area contributed by atoms with Crippen LogP contribution in [0.25, 0.3) is 0 Å². The van der Waals surface area contributed by atoms with E-state index in [1.54, 1.807) is 0 Å². The Balaban J connectivity index is 4.32. The van der Waals surface area contributed by atoms with Crippen LogP contribution in [0.5, 0.6) is 0 Å². The van der Waals surface area contributed by atoms with Crippen molar-refractivity contribution < 1.29 is 28.6 Å². The number of unbranched alkanes of at least 4 members (excludes halogenated alkanes) is 35. The molecule has 0 unspecified atom stereocenters. The van der Waals surface area contributed by atoms with Crippen molar-refractivity contribution >= 4 is 17.9 Å². The Bertz CT molecular complexity index is 1090. The van der Waals surface area contributed by atoms with Crippen LogP contribution in [0.2, 0.25) is 0 Å². The van der Waals surface area contributed by atoms with E-state index in [-0.39, 0.29) is 31.1 Å². The summed E-state index contributed by atoms with van der Waals surface area (Å²) in [5.41, 5.74) is 0. The first-order valence-corrected chi connectivity index (χ1v) is 28.5. The lowest BCUT2D eigenvalue weighted by Crippen LogP contribution is -2.30. The second-order valence-corrected chi connectivity index (χ2v) is 19.2. The van der Waals surface area contributed by atoms with Crippen LogP contribution >= 0.6 is 0 Å². The molecule has 65 heavy (non-hydrogen) atoms. The first-order valence-electron chi connectivity index (χ1n) is 28.5. The highest BCUT2D eigenvalue weighted by Crippen LogP contribution is 2.17. The SMILES string of the molecule is CC/C=C\C/C=C\C/C=C\CCCCCCCC(=O)O[C@@H](COC(=O)CCCCCCCCCCCCCCC)COC(=O)CCCCCCCCCCCCCCCCCCCCC. The van der Waals surface area contributed by atoms with E-state index in [0.717, 1.165) is 96.3 Å². The maximum atomic E-state index is 12.8. The van der Waals surface area contributed by atoms with E-state index in [1.807, 2.05) is 0 Å². The predicted octanol–water partition coefficient (Wildman–Crippen LogP) is 18.9. The molecule has 0 aromatic carbocycles. The summed E-state index contributed by atoms with van der Waals surface area (Å²) in [6, 6.07) is 0. The van der Waals surface area contributed by atoms with Crippen molar-refractivity contribution in [3.05, 3.63) is 36.5 Å². The average Bonchev–Trinajstić information content (AvgIpc) is 3.30. The third kappa shape index (κ3) is 52.5. The molecule has 0 heterocycles. The standard InChI is InChI=1S/C59H108O6/c1-4-7-10-13-16-19-22-25-27-28-29-30-32-34-37-40-43-46-49-52-58(61)64-55-56(54-63-57(60)51-48-45-42-39-36-33-24-21-18-15-12-9-6-3)65-59(62)53-50-47-44-41-38-35-31-26-23-20-17-14-11-8-5-2/h8,11,17,20,26,31,56H,4-7,9-10,12-16,18-19,21-25,27-30,32-55H2,1-3H3/b11-8-,20-17-,31-26-/t56-/m0/s1. The zero-order valence-corrected chi connectivity index (χ0v) is 43.5. The van der Waals surface area contributed by atoms with Gasteiger partial charge in [-0.1, -0.05) is 269 Å². The molecule has 0 amide bonds. The monoisotopic (exact) mass is 913 g/mol. The number of carbonyl (C=O) groups excluding carboxylic acids is 3. The fourth-order valence-corrected chi connectivity index (χ4v) is 8.40. The lowest BCUT2D eigenvalue weighted by Gasteiger charge is -2.18. The molecule has 0 aliphatic carbocycles. The normalized spacial score (nSPS) is 12.2. The first-order chi connectivity index (χ1) is 32.0. The molecule has 6 heteroatoms. The quantitative estimate of drug-likeness (QED) is 0.0262. The molecule has 6 nitrogen and oxygen atoms in total. The van der Waals surface area contributed by atoms with E-state index in [1.165, 1.54) is 167 Å². The highest BCUT2D eigenvalue weighted by atomic mass is 16.6. The molecule has 0 bridgehead atoms. The van der Waals surface area contributed by atoms with Gasteiger partial charge in [-0.25, -0.2) is 0 Å². The summed E-state index contributed by atoms with van der Waals surface area (Å²) >= 11 is 0. The van der Waals surface area contributed by atoms with Gasteiger partial charge in [0.2, 0.25) is 0 Å². The molecule has 0 rings (SSSR count). The molecule has 0 radical (unpaired) electrons. The van der Waals surface area contributed by atoms with Gasteiger partial charge in [-0.2, -0.15) is 0 Å². The third-order valence-corrected chi connectivity index (χ3v) is 12.7. The minimum Gasteiger partial charge on any atom is -0.462 e.